The molecule has 1 aromatic heterocycles. The van der Waals surface area contributed by atoms with Gasteiger partial charge in [0.25, 0.3) is 5.91 Å². The second kappa shape index (κ2) is 5.92. The SMILES string of the molecule is CC(C)(O)C#Cc1ccc(C(=O)N2CCC3(CC2)[C@H](O)C[C@@H]3O)o1. The molecule has 0 bridgehead atoms. The van der Waals surface area contributed by atoms with E-state index < -0.39 is 23.2 Å². The molecule has 1 aliphatic heterocycles. The predicted octanol–water partition coefficient (Wildman–Crippen LogP) is 0.750. The van der Waals surface area contributed by atoms with Gasteiger partial charge in [0.1, 0.15) is 5.60 Å². The van der Waals surface area contributed by atoms with Crippen LogP contribution >= 0.6 is 0 Å². The van der Waals surface area contributed by atoms with Gasteiger partial charge in [0, 0.05) is 24.9 Å². The summed E-state index contributed by atoms with van der Waals surface area (Å²) in [6.07, 6.45) is 0.657. The lowest BCUT2D eigenvalue weighted by Crippen LogP contribution is -2.61. The molecule has 2 aliphatic rings. The van der Waals surface area contributed by atoms with E-state index in [0.717, 1.165) is 0 Å². The molecule has 2 atom stereocenters. The minimum atomic E-state index is -1.12. The maximum Gasteiger partial charge on any atom is 0.289 e. The van der Waals surface area contributed by atoms with Crippen molar-refractivity contribution in [1.82, 2.24) is 4.90 Å². The van der Waals surface area contributed by atoms with Gasteiger partial charge >= 0.3 is 0 Å². The Morgan fingerprint density at radius 2 is 1.92 bits per heavy atom. The van der Waals surface area contributed by atoms with Crippen molar-refractivity contribution in [2.75, 3.05) is 13.1 Å². The number of hydrogen-bond donors (Lipinski definition) is 3. The van der Waals surface area contributed by atoms with Crippen LogP contribution in [0.1, 0.15) is 49.4 Å². The minimum absolute atomic E-state index is 0.209. The first-order valence-electron chi connectivity index (χ1n) is 8.22. The Hall–Kier alpha value is -1.81. The molecular weight excluding hydrogens is 310 g/mol. The topological polar surface area (TPSA) is 94.1 Å². The average Bonchev–Trinajstić information content (AvgIpc) is 3.01. The number of rotatable bonds is 1. The summed E-state index contributed by atoms with van der Waals surface area (Å²) < 4.78 is 5.45. The van der Waals surface area contributed by atoms with E-state index in [1.165, 1.54) is 0 Å². The molecule has 1 amide bonds. The summed E-state index contributed by atoms with van der Waals surface area (Å²) in [5.41, 5.74) is -1.56. The maximum absolute atomic E-state index is 12.5. The number of nitrogens with zero attached hydrogens (tertiary/aromatic N) is 1. The number of aliphatic hydroxyl groups is 3. The Balaban J connectivity index is 1.64. The summed E-state index contributed by atoms with van der Waals surface area (Å²) in [5, 5.41) is 29.5. The lowest BCUT2D eigenvalue weighted by molar-refractivity contribution is -0.187. The number of carbonyl (C=O) groups is 1. The van der Waals surface area contributed by atoms with Crippen LogP contribution in [0.2, 0.25) is 0 Å². The smallest absolute Gasteiger partial charge is 0.289 e. The number of likely N-dealkylation sites (tertiary alicyclic amines) is 1. The normalized spacial score (nSPS) is 25.8. The largest absolute Gasteiger partial charge is 0.443 e. The lowest BCUT2D eigenvalue weighted by atomic mass is 9.58. The van der Waals surface area contributed by atoms with Crippen molar-refractivity contribution in [3.8, 4) is 11.8 Å². The molecule has 130 valence electrons. The summed E-state index contributed by atoms with van der Waals surface area (Å²) in [7, 11) is 0. The van der Waals surface area contributed by atoms with Crippen LogP contribution < -0.4 is 0 Å². The van der Waals surface area contributed by atoms with Crippen LogP contribution in [0, 0.1) is 17.3 Å². The molecule has 0 aromatic carbocycles. The van der Waals surface area contributed by atoms with E-state index in [1.54, 1.807) is 30.9 Å². The van der Waals surface area contributed by atoms with E-state index in [9.17, 15) is 20.1 Å². The Morgan fingerprint density at radius 3 is 2.46 bits per heavy atom. The molecule has 1 saturated heterocycles. The van der Waals surface area contributed by atoms with Crippen molar-refractivity contribution in [1.29, 1.82) is 0 Å². The van der Waals surface area contributed by atoms with E-state index in [1.807, 2.05) is 0 Å². The fourth-order valence-electron chi connectivity index (χ4n) is 3.43. The molecule has 3 N–H and O–H groups in total. The molecule has 2 fully saturated rings. The number of carbonyl (C=O) groups excluding carboxylic acids is 1. The van der Waals surface area contributed by atoms with E-state index in [2.05, 4.69) is 11.8 Å². The second-order valence-electron chi connectivity index (χ2n) is 7.27. The molecule has 0 radical (unpaired) electrons. The first-order valence-corrected chi connectivity index (χ1v) is 8.22. The highest BCUT2D eigenvalue weighted by atomic mass is 16.4. The summed E-state index contributed by atoms with van der Waals surface area (Å²) in [5.74, 6) is 5.66. The fourth-order valence-corrected chi connectivity index (χ4v) is 3.43. The van der Waals surface area contributed by atoms with E-state index in [4.69, 9.17) is 4.42 Å². The molecule has 6 nitrogen and oxygen atoms in total. The van der Waals surface area contributed by atoms with Crippen LogP contribution in [-0.2, 0) is 0 Å². The number of aliphatic hydroxyl groups excluding tert-OH is 2. The number of amides is 1. The Labute approximate surface area is 141 Å². The van der Waals surface area contributed by atoms with Crippen molar-refractivity contribution < 1.29 is 24.5 Å². The van der Waals surface area contributed by atoms with Crippen LogP contribution in [0.15, 0.2) is 16.5 Å². The third kappa shape index (κ3) is 3.07. The third-order valence-corrected chi connectivity index (χ3v) is 5.06. The van der Waals surface area contributed by atoms with Crippen molar-refractivity contribution in [3.05, 3.63) is 23.7 Å². The highest BCUT2D eigenvalue weighted by molar-refractivity contribution is 5.91. The monoisotopic (exact) mass is 333 g/mol. The van der Waals surface area contributed by atoms with Crippen LogP contribution in [0.3, 0.4) is 0 Å². The van der Waals surface area contributed by atoms with Gasteiger partial charge in [0.05, 0.1) is 12.2 Å². The molecule has 1 spiro atoms. The molecule has 1 aromatic rings. The molecule has 3 rings (SSSR count). The Bertz CT molecular complexity index is 672. The highest BCUT2D eigenvalue weighted by Gasteiger charge is 2.55. The molecule has 2 heterocycles. The number of furan rings is 1. The van der Waals surface area contributed by atoms with Crippen molar-refractivity contribution in [2.45, 2.75) is 50.9 Å². The van der Waals surface area contributed by atoms with Gasteiger partial charge in [-0.25, -0.2) is 0 Å². The third-order valence-electron chi connectivity index (χ3n) is 5.06. The first kappa shape index (κ1) is 17.0. The first-order chi connectivity index (χ1) is 11.2. The predicted molar refractivity (Wildman–Crippen MR) is 86.1 cm³/mol. The van der Waals surface area contributed by atoms with Crippen molar-refractivity contribution >= 4 is 5.91 Å². The molecule has 1 saturated carbocycles. The van der Waals surface area contributed by atoms with Gasteiger partial charge in [0.15, 0.2) is 11.5 Å². The van der Waals surface area contributed by atoms with Crippen LogP contribution in [0.4, 0.5) is 0 Å². The summed E-state index contributed by atoms with van der Waals surface area (Å²) >= 11 is 0. The quantitative estimate of drug-likeness (QED) is 0.659. The zero-order chi connectivity index (χ0) is 17.5. The van der Waals surface area contributed by atoms with Gasteiger partial charge in [-0.2, -0.15) is 0 Å². The van der Waals surface area contributed by atoms with Crippen LogP contribution in [0.25, 0.3) is 0 Å². The number of hydrogen-bond acceptors (Lipinski definition) is 5. The molecule has 24 heavy (non-hydrogen) atoms. The lowest BCUT2D eigenvalue weighted by Gasteiger charge is -2.54. The van der Waals surface area contributed by atoms with E-state index in [-0.39, 0.29) is 11.7 Å². The van der Waals surface area contributed by atoms with E-state index >= 15 is 0 Å². The summed E-state index contributed by atoms with van der Waals surface area (Å²) in [6.45, 7) is 4.11. The molecule has 6 heteroatoms. The number of piperidine rings is 1. The zero-order valence-corrected chi connectivity index (χ0v) is 14.0. The van der Waals surface area contributed by atoms with Crippen molar-refractivity contribution in [2.24, 2.45) is 5.41 Å². The van der Waals surface area contributed by atoms with E-state index in [0.29, 0.717) is 38.1 Å². The molecule has 1 aliphatic carbocycles. The van der Waals surface area contributed by atoms with Crippen LogP contribution in [-0.4, -0.2) is 57.0 Å². The van der Waals surface area contributed by atoms with Gasteiger partial charge in [-0.1, -0.05) is 5.92 Å². The van der Waals surface area contributed by atoms with Crippen molar-refractivity contribution in [3.63, 3.8) is 0 Å². The highest BCUT2D eigenvalue weighted by Crippen LogP contribution is 2.49. The molecule has 0 unspecified atom stereocenters. The van der Waals surface area contributed by atoms with Gasteiger partial charge in [-0.15, -0.1) is 0 Å². The van der Waals surface area contributed by atoms with Gasteiger partial charge in [-0.05, 0) is 44.7 Å². The standard InChI is InChI=1S/C18H23NO5/c1-17(2,23)6-5-12-3-4-13(24-12)16(22)19-9-7-18(8-10-19)14(20)11-15(18)21/h3-4,14-15,20-21,23H,7-11H2,1-2H3/t14-,15+. The Morgan fingerprint density at radius 1 is 1.29 bits per heavy atom. The average molecular weight is 333 g/mol. The zero-order valence-electron chi connectivity index (χ0n) is 14.0. The molecular formula is C18H23NO5. The minimum Gasteiger partial charge on any atom is -0.443 e. The summed E-state index contributed by atoms with van der Waals surface area (Å²) in [6, 6.07) is 3.19. The second-order valence-corrected chi connectivity index (χ2v) is 7.27. The Kier molecular flexibility index (Phi) is 4.20. The fraction of sp³-hybridized carbons (Fsp3) is 0.611. The maximum atomic E-state index is 12.5. The van der Waals surface area contributed by atoms with Gasteiger partial charge < -0.3 is 24.6 Å². The van der Waals surface area contributed by atoms with Gasteiger partial charge in [0.2, 0.25) is 0 Å². The van der Waals surface area contributed by atoms with Crippen LogP contribution in [0.5, 0.6) is 0 Å². The summed E-state index contributed by atoms with van der Waals surface area (Å²) in [4.78, 5) is 14.2. The van der Waals surface area contributed by atoms with Gasteiger partial charge in [-0.3, -0.25) is 4.79 Å².